The van der Waals surface area contributed by atoms with Gasteiger partial charge in [-0.25, -0.2) is 4.98 Å². The Kier molecular flexibility index (Phi) is 20.3. The minimum atomic E-state index is -4.12. The van der Waals surface area contributed by atoms with Gasteiger partial charge in [-0.3, -0.25) is 0 Å². The molecule has 1 aromatic heterocycles. The van der Waals surface area contributed by atoms with Gasteiger partial charge in [0.05, 0.1) is 5.69 Å². The topological polar surface area (TPSA) is 50.9 Å². The molecule has 0 saturated heterocycles. The number of nitrogen functional groups attached to an aromatic ring is 1. The Hall–Kier alpha value is -0.470. The van der Waals surface area contributed by atoms with E-state index in [9.17, 15) is 13.2 Å². The van der Waals surface area contributed by atoms with Crippen LogP contribution >= 0.6 is 34.9 Å². The summed E-state index contributed by atoms with van der Waals surface area (Å²) in [5.74, 6) is 0.180. The van der Waals surface area contributed by atoms with E-state index in [1.807, 2.05) is 27.7 Å². The highest BCUT2D eigenvalue weighted by atomic mass is 35.5. The van der Waals surface area contributed by atoms with Gasteiger partial charge in [-0.1, -0.05) is 39.3 Å². The van der Waals surface area contributed by atoms with Crippen molar-refractivity contribution in [2.24, 2.45) is 0 Å². The maximum atomic E-state index is 11.8. The van der Waals surface area contributed by atoms with Gasteiger partial charge in [0.1, 0.15) is 11.0 Å². The second kappa shape index (κ2) is 16.9. The van der Waals surface area contributed by atoms with Crippen LogP contribution in [0.3, 0.4) is 0 Å². The highest BCUT2D eigenvalue weighted by molar-refractivity contribution is 8.59. The molecule has 0 atom stereocenters. The SMILES string of the molecule is CC.CC.Nc1nc(Cl)ccc1NCCCC(F)(F)F.SS. The van der Waals surface area contributed by atoms with Crippen molar-refractivity contribution in [2.45, 2.75) is 46.7 Å². The zero-order valence-corrected chi connectivity index (χ0v) is 15.8. The maximum Gasteiger partial charge on any atom is 0.389 e. The van der Waals surface area contributed by atoms with Crippen molar-refractivity contribution < 1.29 is 13.2 Å². The molecule has 0 aliphatic heterocycles. The normalized spacial score (nSPS) is 9.18. The first kappa shape index (κ1) is 26.4. The summed E-state index contributed by atoms with van der Waals surface area (Å²) in [6, 6.07) is 3.10. The molecule has 0 aliphatic rings. The smallest absolute Gasteiger partial charge is 0.382 e. The van der Waals surface area contributed by atoms with Crippen molar-refractivity contribution in [3.63, 3.8) is 0 Å². The fraction of sp³-hybridized carbons (Fsp3) is 0.615. The van der Waals surface area contributed by atoms with Crippen LogP contribution in [0.4, 0.5) is 24.7 Å². The van der Waals surface area contributed by atoms with Gasteiger partial charge in [0.2, 0.25) is 0 Å². The van der Waals surface area contributed by atoms with Crippen LogP contribution in [0.15, 0.2) is 12.1 Å². The molecule has 9 heteroatoms. The molecule has 0 aliphatic carbocycles. The first-order valence-electron chi connectivity index (χ1n) is 6.81. The van der Waals surface area contributed by atoms with Gasteiger partial charge in [0.25, 0.3) is 0 Å². The lowest BCUT2D eigenvalue weighted by Gasteiger charge is -2.09. The van der Waals surface area contributed by atoms with Crippen LogP contribution < -0.4 is 11.1 Å². The molecule has 3 N–H and O–H groups in total. The van der Waals surface area contributed by atoms with Gasteiger partial charge in [0, 0.05) is 13.0 Å². The third-order valence-electron chi connectivity index (χ3n) is 1.84. The lowest BCUT2D eigenvalue weighted by atomic mass is 10.3. The summed E-state index contributed by atoms with van der Waals surface area (Å²) in [4.78, 5) is 3.76. The average Bonchev–Trinajstić information content (AvgIpc) is 2.50. The number of nitrogens with one attached hydrogen (secondary N) is 1. The Labute approximate surface area is 146 Å². The number of anilines is 2. The van der Waals surface area contributed by atoms with E-state index < -0.39 is 12.6 Å². The Morgan fingerprint density at radius 2 is 1.68 bits per heavy atom. The molecule has 0 bridgehead atoms. The fourth-order valence-electron chi connectivity index (χ4n) is 1.11. The Morgan fingerprint density at radius 1 is 1.18 bits per heavy atom. The molecule has 22 heavy (non-hydrogen) atoms. The second-order valence-corrected chi connectivity index (χ2v) is 3.60. The van der Waals surface area contributed by atoms with Crippen molar-refractivity contribution in [1.82, 2.24) is 4.98 Å². The predicted molar refractivity (Wildman–Crippen MR) is 98.1 cm³/mol. The van der Waals surface area contributed by atoms with Gasteiger partial charge in [0.15, 0.2) is 0 Å². The molecular formula is C13H25ClF3N3S2. The summed E-state index contributed by atoms with van der Waals surface area (Å²) in [6.07, 6.45) is -4.95. The summed E-state index contributed by atoms with van der Waals surface area (Å²) < 4.78 is 35.5. The van der Waals surface area contributed by atoms with Crippen molar-refractivity contribution in [3.8, 4) is 0 Å². The van der Waals surface area contributed by atoms with Crippen molar-refractivity contribution in [3.05, 3.63) is 17.3 Å². The molecule has 0 amide bonds. The molecule has 0 radical (unpaired) electrons. The molecule has 0 spiro atoms. The van der Waals surface area contributed by atoms with E-state index in [0.717, 1.165) is 0 Å². The number of aromatic nitrogens is 1. The first-order chi connectivity index (χ1) is 10.4. The molecule has 1 rings (SSSR count). The molecule has 132 valence electrons. The molecule has 0 unspecified atom stereocenters. The summed E-state index contributed by atoms with van der Waals surface area (Å²) in [5, 5.41) is 3.02. The second-order valence-electron chi connectivity index (χ2n) is 3.21. The average molecular weight is 380 g/mol. The number of nitrogens with zero attached hydrogens (tertiary/aromatic N) is 1. The van der Waals surface area contributed by atoms with E-state index >= 15 is 0 Å². The monoisotopic (exact) mass is 379 g/mol. The lowest BCUT2D eigenvalue weighted by Crippen LogP contribution is -2.11. The van der Waals surface area contributed by atoms with E-state index in [1.165, 1.54) is 6.07 Å². The minimum absolute atomic E-state index is 0.00837. The maximum absolute atomic E-state index is 11.8. The molecule has 0 fully saturated rings. The molecule has 1 heterocycles. The number of rotatable bonds is 4. The van der Waals surface area contributed by atoms with E-state index in [1.54, 1.807) is 6.07 Å². The molecular weight excluding hydrogens is 355 g/mol. The summed E-state index contributed by atoms with van der Waals surface area (Å²) >= 11 is 12.0. The lowest BCUT2D eigenvalue weighted by molar-refractivity contribution is -0.134. The van der Waals surface area contributed by atoms with Gasteiger partial charge in [-0.2, -0.15) is 13.2 Å². The van der Waals surface area contributed by atoms with E-state index in [2.05, 4.69) is 33.6 Å². The van der Waals surface area contributed by atoms with E-state index in [0.29, 0.717) is 5.69 Å². The molecule has 1 aromatic rings. The van der Waals surface area contributed by atoms with Crippen LogP contribution in [0, 0.1) is 0 Å². The largest absolute Gasteiger partial charge is 0.389 e. The van der Waals surface area contributed by atoms with Crippen LogP contribution in [0.1, 0.15) is 40.5 Å². The van der Waals surface area contributed by atoms with Gasteiger partial charge in [-0.05, 0) is 18.6 Å². The first-order valence-corrected chi connectivity index (χ1v) is 8.79. The minimum Gasteiger partial charge on any atom is -0.382 e. The Balaban J connectivity index is -0.000000535. The van der Waals surface area contributed by atoms with Crippen molar-refractivity contribution in [1.29, 1.82) is 0 Å². The number of thiol groups is 2. The van der Waals surface area contributed by atoms with Crippen LogP contribution in [0.25, 0.3) is 0 Å². The summed E-state index contributed by atoms with van der Waals surface area (Å²) in [7, 11) is 0. The quantitative estimate of drug-likeness (QED) is 0.228. The number of hydrogen-bond donors (Lipinski definition) is 4. The van der Waals surface area contributed by atoms with Crippen LogP contribution in [0.2, 0.25) is 5.15 Å². The fourth-order valence-corrected chi connectivity index (χ4v) is 1.27. The Morgan fingerprint density at radius 3 is 2.09 bits per heavy atom. The van der Waals surface area contributed by atoms with Crippen LogP contribution in [-0.4, -0.2) is 17.7 Å². The van der Waals surface area contributed by atoms with Gasteiger partial charge in [-0.15, -0.1) is 23.3 Å². The third-order valence-corrected chi connectivity index (χ3v) is 2.05. The third kappa shape index (κ3) is 15.9. The number of pyridine rings is 1. The zero-order valence-electron chi connectivity index (χ0n) is 13.2. The predicted octanol–water partition coefficient (Wildman–Crippen LogP) is 5.89. The van der Waals surface area contributed by atoms with Gasteiger partial charge < -0.3 is 11.1 Å². The Bertz CT molecular complexity index is 367. The summed E-state index contributed by atoms with van der Waals surface area (Å²) in [5.41, 5.74) is 6.00. The highest BCUT2D eigenvalue weighted by Crippen LogP contribution is 2.22. The number of halogens is 4. The van der Waals surface area contributed by atoms with Crippen LogP contribution in [-0.2, 0) is 0 Å². The van der Waals surface area contributed by atoms with Gasteiger partial charge >= 0.3 is 6.18 Å². The van der Waals surface area contributed by atoms with Crippen molar-refractivity contribution in [2.75, 3.05) is 17.6 Å². The summed E-state index contributed by atoms with van der Waals surface area (Å²) in [6.45, 7) is 8.19. The number of nitrogens with two attached hydrogens (primary N) is 1. The van der Waals surface area contributed by atoms with E-state index in [-0.39, 0.29) is 23.9 Å². The highest BCUT2D eigenvalue weighted by Gasteiger charge is 2.25. The zero-order chi connectivity index (χ0) is 18.2. The van der Waals surface area contributed by atoms with Crippen LogP contribution in [0.5, 0.6) is 0 Å². The number of hydrogen-bond acceptors (Lipinski definition) is 5. The number of alkyl halides is 3. The van der Waals surface area contributed by atoms with E-state index in [4.69, 9.17) is 17.3 Å². The molecule has 0 aromatic carbocycles. The van der Waals surface area contributed by atoms with Crippen molar-refractivity contribution >= 4 is 46.4 Å². The molecule has 3 nitrogen and oxygen atoms in total. The molecule has 0 saturated carbocycles. The standard InChI is InChI=1S/C9H11ClF3N3.2C2H6.H2S2/c10-7-3-2-6(8(14)16-7)15-5-1-4-9(11,12)13;3*1-2/h2-3,15H,1,4-5H2,(H2,14,16);2*1-2H3;1-2H.